The van der Waals surface area contributed by atoms with Crippen LogP contribution in [0.5, 0.6) is 0 Å². The first-order chi connectivity index (χ1) is 24.8. The molecule has 0 aliphatic carbocycles. The molecule has 1 spiro atoms. The van der Waals surface area contributed by atoms with Crippen LogP contribution in [-0.4, -0.2) is 74.4 Å². The van der Waals surface area contributed by atoms with Crippen molar-refractivity contribution in [3.05, 3.63) is 140 Å². The van der Waals surface area contributed by atoms with Crippen LogP contribution in [-0.2, 0) is 27.3 Å². The molecule has 262 valence electrons. The zero-order chi connectivity index (χ0) is 35.7. The third kappa shape index (κ3) is 6.08. The van der Waals surface area contributed by atoms with Crippen molar-refractivity contribution in [1.29, 1.82) is 0 Å². The maximum Gasteiger partial charge on any atom is 0.251 e. The van der Waals surface area contributed by atoms with Crippen LogP contribution in [0.3, 0.4) is 0 Å². The highest BCUT2D eigenvalue weighted by molar-refractivity contribution is 8.02. The van der Waals surface area contributed by atoms with E-state index in [4.69, 9.17) is 0 Å². The van der Waals surface area contributed by atoms with Crippen molar-refractivity contribution < 1.29 is 19.5 Å². The monoisotopic (exact) mass is 699 g/mol. The predicted octanol–water partition coefficient (Wildman–Crippen LogP) is 6.51. The molecule has 3 aliphatic rings. The van der Waals surface area contributed by atoms with E-state index in [1.54, 1.807) is 38.6 Å². The minimum Gasteiger partial charge on any atom is -0.394 e. The molecule has 3 saturated heterocycles. The number of carbonyl (C=O) groups is 3. The lowest BCUT2D eigenvalue weighted by Gasteiger charge is -2.42. The highest BCUT2D eigenvalue weighted by atomic mass is 32.2. The van der Waals surface area contributed by atoms with E-state index in [2.05, 4.69) is 20.1 Å². The number of thioether (sulfide) groups is 1. The van der Waals surface area contributed by atoms with Crippen molar-refractivity contribution in [3.63, 3.8) is 0 Å². The fraction of sp³-hybridized carbons (Fsp3) is 0.326. The van der Waals surface area contributed by atoms with Gasteiger partial charge in [-0.25, -0.2) is 0 Å². The molecule has 0 radical (unpaired) electrons. The number of anilines is 1. The summed E-state index contributed by atoms with van der Waals surface area (Å²) in [6, 6.07) is 32.0. The molecule has 51 heavy (non-hydrogen) atoms. The van der Waals surface area contributed by atoms with E-state index in [1.807, 2.05) is 103 Å². The molecule has 3 fully saturated rings. The highest BCUT2D eigenvalue weighted by Crippen LogP contribution is 2.69. The van der Waals surface area contributed by atoms with E-state index in [1.165, 1.54) is 0 Å². The van der Waals surface area contributed by atoms with Gasteiger partial charge in [0.05, 0.1) is 29.2 Å². The summed E-state index contributed by atoms with van der Waals surface area (Å²) < 4.78 is -0.855. The fourth-order valence-corrected chi connectivity index (χ4v) is 11.3. The number of likely N-dealkylation sites (tertiary alicyclic amines) is 1. The van der Waals surface area contributed by atoms with Gasteiger partial charge in [0, 0.05) is 30.6 Å². The minimum atomic E-state index is -0.896. The molecule has 8 heteroatoms. The lowest BCUT2D eigenvalue weighted by atomic mass is 9.65. The summed E-state index contributed by atoms with van der Waals surface area (Å²) in [5.41, 5.74) is 2.67. The van der Waals surface area contributed by atoms with Crippen LogP contribution in [0, 0.1) is 17.8 Å². The molecule has 3 unspecified atom stereocenters. The third-order valence-corrected chi connectivity index (χ3v) is 13.2. The van der Waals surface area contributed by atoms with Gasteiger partial charge in [-0.3, -0.25) is 14.4 Å². The van der Waals surface area contributed by atoms with Gasteiger partial charge >= 0.3 is 0 Å². The molecule has 4 aromatic carbocycles. The van der Waals surface area contributed by atoms with Crippen molar-refractivity contribution in [2.45, 2.75) is 48.4 Å². The molecule has 0 aromatic heterocycles. The Morgan fingerprint density at radius 2 is 1.55 bits per heavy atom. The van der Waals surface area contributed by atoms with E-state index in [-0.39, 0.29) is 42.0 Å². The number of carbonyl (C=O) groups excluding carboxylic acids is 3. The van der Waals surface area contributed by atoms with Crippen LogP contribution in [0.15, 0.2) is 128 Å². The smallest absolute Gasteiger partial charge is 0.251 e. The van der Waals surface area contributed by atoms with Gasteiger partial charge in [0.2, 0.25) is 11.8 Å². The third-order valence-electron chi connectivity index (χ3n) is 11.1. The molecule has 2 bridgehead atoms. The van der Waals surface area contributed by atoms with Crippen molar-refractivity contribution in [3.8, 4) is 0 Å². The van der Waals surface area contributed by atoms with Gasteiger partial charge in [0.15, 0.2) is 0 Å². The van der Waals surface area contributed by atoms with Crippen molar-refractivity contribution in [2.24, 2.45) is 17.8 Å². The number of hydrogen-bond donors (Lipinski definition) is 1. The Bertz CT molecular complexity index is 1940. The van der Waals surface area contributed by atoms with Crippen molar-refractivity contribution in [1.82, 2.24) is 9.80 Å². The number of fused-ring (bicyclic) bond motifs is 2. The van der Waals surface area contributed by atoms with Crippen LogP contribution in [0.1, 0.15) is 24.5 Å². The molecule has 3 heterocycles. The summed E-state index contributed by atoms with van der Waals surface area (Å²) in [7, 11) is 0. The molecular formula is C43H45N3O4S. The number of aliphatic hydroxyl groups excluding tert-OH is 1. The Balaban J connectivity index is 1.33. The quantitative estimate of drug-likeness (QED) is 0.161. The van der Waals surface area contributed by atoms with E-state index >= 15 is 9.59 Å². The summed E-state index contributed by atoms with van der Waals surface area (Å²) >= 11 is 1.66. The fourth-order valence-electron chi connectivity index (χ4n) is 8.90. The van der Waals surface area contributed by atoms with Gasteiger partial charge in [-0.1, -0.05) is 110 Å². The highest BCUT2D eigenvalue weighted by Gasteiger charge is 2.77. The number of aliphatic hydroxyl groups is 1. The number of benzene rings is 4. The Morgan fingerprint density at radius 3 is 2.22 bits per heavy atom. The second-order valence-electron chi connectivity index (χ2n) is 14.1. The normalized spacial score (nSPS) is 25.4. The Hall–Kier alpha value is -4.66. The first-order valence-electron chi connectivity index (χ1n) is 17.8. The second kappa shape index (κ2) is 14.5. The number of amides is 3. The van der Waals surface area contributed by atoms with E-state index in [0.29, 0.717) is 25.2 Å². The van der Waals surface area contributed by atoms with E-state index in [9.17, 15) is 9.90 Å². The molecule has 1 N–H and O–H groups in total. The zero-order valence-corrected chi connectivity index (χ0v) is 29.8. The second-order valence-corrected chi connectivity index (χ2v) is 15.6. The van der Waals surface area contributed by atoms with Crippen molar-refractivity contribution in [2.75, 3.05) is 24.6 Å². The minimum absolute atomic E-state index is 0.0234. The number of nitrogens with zero attached hydrogens (tertiary/aromatic N) is 3. The lowest BCUT2D eigenvalue weighted by molar-refractivity contribution is -0.145. The molecule has 0 saturated carbocycles. The maximum atomic E-state index is 15.4. The largest absolute Gasteiger partial charge is 0.394 e. The van der Waals surface area contributed by atoms with Gasteiger partial charge in [0.25, 0.3) is 5.91 Å². The molecular weight excluding hydrogens is 655 g/mol. The molecule has 3 aliphatic heterocycles. The summed E-state index contributed by atoms with van der Waals surface area (Å²) in [5, 5.41) is 13.0. The van der Waals surface area contributed by atoms with Gasteiger partial charge in [-0.05, 0) is 52.8 Å². The predicted molar refractivity (Wildman–Crippen MR) is 205 cm³/mol. The lowest BCUT2D eigenvalue weighted by Crippen LogP contribution is -2.59. The average molecular weight is 700 g/mol. The molecule has 7 rings (SSSR count). The molecule has 7 nitrogen and oxygen atoms in total. The molecule has 4 aromatic rings. The Morgan fingerprint density at radius 1 is 0.902 bits per heavy atom. The standard InChI is InChI=1S/C43H45N3O4S/c1-4-22-44(27-31-16-10-7-11-17-31)40(48)37-36-24-29(3)43(51-36)38(37)41(49)46(35(28-47)25-30-14-8-6-9-15-30)39(43)42(50)45(23-5-2)34-21-20-32-18-12-13-19-33(32)26-34/h4-21,26,29,35-39,47H,1-2,22-25,27-28H2,3H3/t29?,35-,36-,37+,38+,39?,43?/m1/s1. The number of hydrogen-bond acceptors (Lipinski definition) is 5. The maximum absolute atomic E-state index is 15.4. The summed E-state index contributed by atoms with van der Waals surface area (Å²) in [4.78, 5) is 50.6. The number of rotatable bonds is 13. The van der Waals surface area contributed by atoms with Crippen LogP contribution in [0.4, 0.5) is 5.69 Å². The van der Waals surface area contributed by atoms with Crippen LogP contribution in [0.2, 0.25) is 0 Å². The van der Waals surface area contributed by atoms with Crippen molar-refractivity contribution >= 4 is 45.9 Å². The molecule has 7 atom stereocenters. The Kier molecular flexibility index (Phi) is 9.90. The van der Waals surface area contributed by atoms with Crippen LogP contribution >= 0.6 is 11.8 Å². The zero-order valence-electron chi connectivity index (χ0n) is 29.0. The summed E-state index contributed by atoms with van der Waals surface area (Å²) in [6.45, 7) is 10.7. The van der Waals surface area contributed by atoms with Gasteiger partial charge in [-0.15, -0.1) is 24.9 Å². The van der Waals surface area contributed by atoms with Gasteiger partial charge < -0.3 is 19.8 Å². The summed E-state index contributed by atoms with van der Waals surface area (Å²) in [5.74, 6) is -1.87. The molecule has 3 amide bonds. The van der Waals surface area contributed by atoms with E-state index < -0.39 is 28.7 Å². The first-order valence-corrected chi connectivity index (χ1v) is 18.7. The Labute approximate surface area is 304 Å². The van der Waals surface area contributed by atoms with Gasteiger partial charge in [-0.2, -0.15) is 0 Å². The summed E-state index contributed by atoms with van der Waals surface area (Å²) in [6.07, 6.45) is 4.54. The van der Waals surface area contributed by atoms with Gasteiger partial charge in [0.1, 0.15) is 6.04 Å². The average Bonchev–Trinajstić information content (AvgIpc) is 3.76. The topological polar surface area (TPSA) is 81.2 Å². The SMILES string of the molecule is C=CCN(Cc1ccccc1)C(=O)[C@@H]1[C@H]2C(=O)N([C@@H](CO)Cc3ccccc3)C(C(=O)N(CC=C)c3ccc4ccccc4c3)C23S[C@@H]1CC3C. The van der Waals surface area contributed by atoms with Crippen LogP contribution < -0.4 is 4.90 Å². The van der Waals surface area contributed by atoms with E-state index in [0.717, 1.165) is 28.3 Å². The van der Waals surface area contributed by atoms with Crippen LogP contribution in [0.25, 0.3) is 10.8 Å². The first kappa shape index (κ1) is 34.8.